The normalized spacial score (nSPS) is 11.2. The van der Waals surface area contributed by atoms with Gasteiger partial charge in [-0.15, -0.1) is 26.3 Å². The standard InChI is InChI=1S/C14H21NO.C13H19NO.C12H16N4.C12H18N2O.C11H12ClF3O.C11H13F3O.C11H16N2O.C10H15NO2S.C10H15N/c1-14(2,3)10-11-6-8-12(9-7-11)13(16)15(4)5;1-13(2,3)9-10-5-7-11(8-6-10)12(15)14-4;1-9(2)6-10-4-3-5-11(7-10)16-12(14)15-8-13;1-9(2)6-10-4-3-5-11(7-10)8-14-12(13)15;1-7(2)3-8-4-9(12)6-10(5-8)16-11(13,14)15;1-8(2)7-9-3-5-10(6-4-9)15-11(12,13)14;1-8(2)6-9-4-3-5-10(7-9)13-11(12)14;1-8(2)6-9-4-3-5-10(7-9)14(11,12)13;1-8(2)7-9-3-5-10(11)6-4-9/h6-9H,10H2,1-5H3;5-8H,9H2,1-4H3,(H,14,15);3-5,7,9H,6H2,1-2H3,(H3,14,15,16);3-5,7,9H,6,8H2,1-2H3,(H3,13,14,15);4-7H,3H2,1-2H3;3-6,8H,7H2,1-2H3;3-5,7-8H,6H2,1-2H3,(H3,12,13,14);3-5,7-8H,6H2,1-2H3,(H2,11,12,13);3-6,8H,7,11H2,1-2H3. The summed E-state index contributed by atoms with van der Waals surface area (Å²) >= 11 is 5.71. The van der Waals surface area contributed by atoms with Crippen molar-refractivity contribution >= 4 is 68.5 Å². The average Bonchev–Trinajstić information content (AvgIpc) is 0.850. The van der Waals surface area contributed by atoms with Crippen molar-refractivity contribution in [2.75, 3.05) is 32.2 Å². The first kappa shape index (κ1) is 118. The molecule has 0 aliphatic rings. The van der Waals surface area contributed by atoms with Crippen LogP contribution in [0.25, 0.3) is 0 Å². The number of primary amides is 2. The fourth-order valence-electron chi connectivity index (χ4n) is 12.7. The van der Waals surface area contributed by atoms with Gasteiger partial charge in [-0.3, -0.25) is 14.9 Å². The van der Waals surface area contributed by atoms with Crippen LogP contribution in [0, 0.1) is 63.7 Å². The van der Waals surface area contributed by atoms with Crippen LogP contribution in [-0.4, -0.2) is 77.0 Å². The van der Waals surface area contributed by atoms with Crippen LogP contribution in [0.2, 0.25) is 5.02 Å². The predicted octanol–water partition coefficient (Wildman–Crippen LogP) is 24.2. The van der Waals surface area contributed by atoms with E-state index in [2.05, 4.69) is 191 Å². The molecule has 0 aliphatic carbocycles. The minimum Gasteiger partial charge on any atom is -0.406 e. The predicted molar refractivity (Wildman–Crippen MR) is 529 cm³/mol. The number of aliphatic imine (C=N–C) groups is 1. The monoisotopic (exact) mass is 1870 g/mol. The molecule has 0 atom stereocenters. The van der Waals surface area contributed by atoms with E-state index >= 15 is 0 Å². The van der Waals surface area contributed by atoms with E-state index in [0.29, 0.717) is 48.5 Å². The Kier molecular flexibility index (Phi) is 53.6. The van der Waals surface area contributed by atoms with E-state index in [4.69, 9.17) is 44.9 Å². The summed E-state index contributed by atoms with van der Waals surface area (Å²) in [6.07, 6.45) is 1.09. The number of guanidine groups is 1. The number of ether oxygens (including phenoxy) is 2. The van der Waals surface area contributed by atoms with Gasteiger partial charge in [-0.1, -0.05) is 259 Å². The van der Waals surface area contributed by atoms with Gasteiger partial charge in [0, 0.05) is 55.2 Å². The van der Waals surface area contributed by atoms with Gasteiger partial charge in [-0.2, -0.15) is 5.26 Å². The second-order valence-corrected chi connectivity index (χ2v) is 39.4. The van der Waals surface area contributed by atoms with Crippen LogP contribution >= 0.6 is 11.6 Å². The van der Waals surface area contributed by atoms with E-state index in [1.54, 1.807) is 62.6 Å². The van der Waals surface area contributed by atoms with Gasteiger partial charge in [0.15, 0.2) is 6.19 Å². The Balaban J connectivity index is 0.000000744. The number of amides is 6. The minimum absolute atomic E-state index is 0.0303. The Hall–Kier alpha value is -11.6. The number of nitrogen functional groups attached to an aromatic ring is 1. The number of sulfonamides is 1. The van der Waals surface area contributed by atoms with Gasteiger partial charge in [0.1, 0.15) is 11.5 Å². The zero-order valence-corrected chi connectivity index (χ0v) is 82.9. The van der Waals surface area contributed by atoms with Gasteiger partial charge in [-0.25, -0.2) is 28.1 Å². The Bertz CT molecular complexity index is 5070. The van der Waals surface area contributed by atoms with E-state index in [0.717, 1.165) is 114 Å². The van der Waals surface area contributed by atoms with Crippen LogP contribution in [0.3, 0.4) is 0 Å². The Morgan fingerprint density at radius 1 is 0.455 bits per heavy atom. The van der Waals surface area contributed by atoms with Crippen molar-refractivity contribution in [2.24, 2.45) is 79.6 Å². The molecule has 20 nitrogen and oxygen atoms in total. The molecule has 9 aromatic carbocycles. The summed E-state index contributed by atoms with van der Waals surface area (Å²) in [6, 6.07) is 63.5. The SMILES string of the molecule is CC(C)Cc1cc(Cl)cc(OC(F)(F)F)c1.CC(C)Cc1ccc(N)cc1.CC(C)Cc1ccc(OC(F)(F)F)cc1.CC(C)Cc1cccc(CNC(N)=O)c1.CC(C)Cc1cccc(N=C(N)NC#N)c1.CC(C)Cc1cccc(NC(N)=O)c1.CC(C)Cc1cccc(S(N)(=O)=O)c1.CN(C)C(=O)c1ccc(CC(C)(C)C)cc1.CNC(=O)c1ccc(CC(C)(C)C)cc1. The van der Waals surface area contributed by atoms with Crippen molar-refractivity contribution in [3.05, 3.63) is 284 Å². The molecule has 0 fully saturated rings. The highest BCUT2D eigenvalue weighted by atomic mass is 35.5. The molecule has 6 amide bonds. The lowest BCUT2D eigenvalue weighted by Gasteiger charge is -2.18. The summed E-state index contributed by atoms with van der Waals surface area (Å²) in [6.45, 7) is 43.5. The van der Waals surface area contributed by atoms with Crippen LogP contribution in [0.4, 0.5) is 53.0 Å². The van der Waals surface area contributed by atoms with Crippen LogP contribution in [0.15, 0.2) is 222 Å². The summed E-state index contributed by atoms with van der Waals surface area (Å²) in [5.74, 6) is 3.62. The van der Waals surface area contributed by atoms with E-state index in [-0.39, 0.29) is 50.0 Å². The quantitative estimate of drug-likeness (QED) is 0.00644. The van der Waals surface area contributed by atoms with Crippen LogP contribution in [0.1, 0.15) is 215 Å². The first-order valence-electron chi connectivity index (χ1n) is 44.0. The maximum absolute atomic E-state index is 12.0. The summed E-state index contributed by atoms with van der Waals surface area (Å²) in [4.78, 5) is 50.0. The maximum Gasteiger partial charge on any atom is 0.573 e. The van der Waals surface area contributed by atoms with Gasteiger partial charge in [0.05, 0.1) is 10.6 Å². The van der Waals surface area contributed by atoms with Gasteiger partial charge in [0.25, 0.3) is 11.8 Å². The number of nitrogens with two attached hydrogens (primary N) is 5. The maximum atomic E-state index is 12.0. The highest BCUT2D eigenvalue weighted by Gasteiger charge is 2.32. The summed E-state index contributed by atoms with van der Waals surface area (Å²) < 4.78 is 101. The van der Waals surface area contributed by atoms with Crippen molar-refractivity contribution < 1.29 is 63.4 Å². The zero-order chi connectivity index (χ0) is 100. The fourth-order valence-corrected chi connectivity index (χ4v) is 13.5. The van der Waals surface area contributed by atoms with E-state index in [1.165, 1.54) is 57.6 Å². The van der Waals surface area contributed by atoms with Gasteiger partial charge in [-0.05, 0) is 269 Å². The number of anilines is 2. The highest BCUT2D eigenvalue weighted by molar-refractivity contribution is 7.89. The number of benzene rings is 9. The van der Waals surface area contributed by atoms with Crippen LogP contribution in [-0.2, 0) is 74.4 Å². The third-order valence-corrected chi connectivity index (χ3v) is 18.7. The summed E-state index contributed by atoms with van der Waals surface area (Å²) in [7, 11) is 1.62. The average molecular weight is 1870 g/mol. The molecule has 0 saturated carbocycles. The lowest BCUT2D eigenvalue weighted by atomic mass is 9.88. The first-order chi connectivity index (χ1) is 61.2. The van der Waals surface area contributed by atoms with Crippen LogP contribution < -0.4 is 58.8 Å². The molecule has 9 aromatic rings. The number of urea groups is 2. The molecule has 0 aliphatic heterocycles. The topological polar surface area (TPSA) is 338 Å². The van der Waals surface area contributed by atoms with Crippen molar-refractivity contribution in [2.45, 2.75) is 220 Å². The summed E-state index contributed by atoms with van der Waals surface area (Å²) in [5.41, 5.74) is 37.0. The molecule has 0 heterocycles. The molecule has 0 aromatic heterocycles. The number of hydrogen-bond acceptors (Lipinski definition) is 11. The number of carbonyl (C=O) groups excluding carboxylic acids is 4. The molecule has 28 heteroatoms. The fraction of sp³-hybridized carbons (Fsp3) is 0.423. The van der Waals surface area contributed by atoms with Gasteiger partial charge < -0.3 is 53.3 Å². The second-order valence-electron chi connectivity index (χ2n) is 37.4. The van der Waals surface area contributed by atoms with Crippen molar-refractivity contribution in [3.8, 4) is 17.7 Å². The zero-order valence-electron chi connectivity index (χ0n) is 81.4. The Morgan fingerprint density at radius 3 is 1.24 bits per heavy atom. The third kappa shape index (κ3) is 60.4. The van der Waals surface area contributed by atoms with Gasteiger partial charge in [0.2, 0.25) is 16.0 Å². The molecular formula is C104H145ClF6N12O8S. The third-order valence-electron chi connectivity index (χ3n) is 17.6. The molecule has 0 saturated heterocycles. The Morgan fingerprint density at radius 2 is 0.833 bits per heavy atom. The molecule has 9 rings (SSSR count). The molecule has 14 N–H and O–H groups in total. The number of nitriles is 1. The molecule has 724 valence electrons. The first-order valence-corrected chi connectivity index (χ1v) is 45.9. The smallest absolute Gasteiger partial charge is 0.406 e. The molecule has 0 bridgehead atoms. The number of nitrogens with zero attached hydrogens (tertiary/aromatic N) is 3. The number of alkyl halides is 6. The van der Waals surface area contributed by atoms with E-state index in [1.807, 2.05) is 135 Å². The number of hydrogen-bond donors (Lipinski definition) is 9. The number of primary sulfonamides is 1. The molecule has 0 spiro atoms. The van der Waals surface area contributed by atoms with E-state index in [9.17, 15) is 53.9 Å². The number of halogens is 7. The Labute approximate surface area is 787 Å². The van der Waals surface area contributed by atoms with Crippen LogP contribution in [0.5, 0.6) is 11.5 Å². The molecule has 0 radical (unpaired) electrons. The number of nitrogens with one attached hydrogen (secondary N) is 4. The lowest BCUT2D eigenvalue weighted by Crippen LogP contribution is -2.28. The second kappa shape index (κ2) is 59.7. The number of carbonyl (C=O) groups is 4. The van der Waals surface area contributed by atoms with Crippen molar-refractivity contribution in [1.29, 1.82) is 5.26 Å². The van der Waals surface area contributed by atoms with Crippen molar-refractivity contribution in [3.63, 3.8) is 0 Å². The van der Waals surface area contributed by atoms with E-state index < -0.39 is 34.8 Å². The largest absolute Gasteiger partial charge is 0.573 e. The highest BCUT2D eigenvalue weighted by Crippen LogP contribution is 2.30. The number of rotatable bonds is 25. The van der Waals surface area contributed by atoms with Crippen molar-refractivity contribution in [1.82, 2.24) is 20.9 Å². The lowest BCUT2D eigenvalue weighted by molar-refractivity contribution is -0.275. The molecule has 132 heavy (non-hydrogen) atoms. The molecular weight excluding hydrogens is 1730 g/mol. The minimum atomic E-state index is -4.68. The van der Waals surface area contributed by atoms with Gasteiger partial charge >= 0.3 is 24.8 Å². The summed E-state index contributed by atoms with van der Waals surface area (Å²) in [5, 5.41) is 23.7. The molecule has 0 unspecified atom stereocenters.